The Morgan fingerprint density at radius 1 is 1.15 bits per heavy atom. The van der Waals surface area contributed by atoms with Gasteiger partial charge in [-0.1, -0.05) is 6.08 Å². The first kappa shape index (κ1) is 20.1. The van der Waals surface area contributed by atoms with E-state index in [0.29, 0.717) is 36.5 Å². The summed E-state index contributed by atoms with van der Waals surface area (Å²) in [4.78, 5) is 23.8. The van der Waals surface area contributed by atoms with Gasteiger partial charge < -0.3 is 14.2 Å². The van der Waals surface area contributed by atoms with E-state index in [2.05, 4.69) is 0 Å². The summed E-state index contributed by atoms with van der Waals surface area (Å²) in [6.45, 7) is 1.01. The highest BCUT2D eigenvalue weighted by atomic mass is 16.5. The van der Waals surface area contributed by atoms with E-state index in [-0.39, 0.29) is 0 Å². The molecule has 0 heterocycles. The second kappa shape index (κ2) is 10.7. The lowest BCUT2D eigenvalue weighted by Gasteiger charge is -2.10. The molecule has 1 aliphatic carbocycles. The van der Waals surface area contributed by atoms with E-state index in [1.807, 2.05) is 6.07 Å². The van der Waals surface area contributed by atoms with Crippen molar-refractivity contribution in [2.75, 3.05) is 20.3 Å². The quantitative estimate of drug-likeness (QED) is 0.397. The van der Waals surface area contributed by atoms with Crippen molar-refractivity contribution in [1.29, 1.82) is 5.26 Å². The monoisotopic (exact) mass is 367 g/mol. The third-order valence-corrected chi connectivity index (χ3v) is 3.75. The van der Waals surface area contributed by atoms with Crippen molar-refractivity contribution in [3.05, 3.63) is 71.0 Å². The smallest absolute Gasteiger partial charge is 0.343 e. The number of unbranched alkanes of at least 4 members (excludes halogenated alkanes) is 1. The van der Waals surface area contributed by atoms with E-state index >= 15 is 0 Å². The molecule has 0 bridgehead atoms. The lowest BCUT2D eigenvalue weighted by atomic mass is 10.1. The van der Waals surface area contributed by atoms with Crippen LogP contribution in [0.2, 0.25) is 0 Å². The number of esters is 2. The van der Waals surface area contributed by atoms with E-state index in [4.69, 9.17) is 19.5 Å². The number of hydrogen-bond donors (Lipinski definition) is 0. The Kier molecular flexibility index (Phi) is 8.01. The van der Waals surface area contributed by atoms with Crippen LogP contribution in [0.15, 0.2) is 59.9 Å². The Balaban J connectivity index is 1.80. The summed E-state index contributed by atoms with van der Waals surface area (Å²) in [5.41, 5.74) is 1.61. The zero-order valence-electron chi connectivity index (χ0n) is 15.1. The molecule has 0 amide bonds. The summed E-state index contributed by atoms with van der Waals surface area (Å²) in [6, 6.07) is 8.20. The number of methoxy groups -OCH3 is 1. The van der Waals surface area contributed by atoms with Gasteiger partial charge in [0.15, 0.2) is 0 Å². The van der Waals surface area contributed by atoms with Crippen LogP contribution in [-0.4, -0.2) is 32.3 Å². The van der Waals surface area contributed by atoms with Crippen molar-refractivity contribution in [2.24, 2.45) is 0 Å². The molecule has 2 rings (SSSR count). The lowest BCUT2D eigenvalue weighted by Crippen LogP contribution is -2.07. The molecule has 6 nitrogen and oxygen atoms in total. The molecule has 0 saturated heterocycles. The first-order valence-corrected chi connectivity index (χ1v) is 8.59. The Morgan fingerprint density at radius 2 is 1.89 bits per heavy atom. The van der Waals surface area contributed by atoms with E-state index in [1.54, 1.807) is 49.6 Å². The fourth-order valence-corrected chi connectivity index (χ4v) is 2.29. The molecule has 0 atom stereocenters. The molecule has 0 fully saturated rings. The lowest BCUT2D eigenvalue weighted by molar-refractivity contribution is -0.138. The number of benzene rings is 1. The first-order valence-electron chi connectivity index (χ1n) is 8.59. The number of nitrogens with zero attached hydrogens (tertiary/aromatic N) is 1. The minimum atomic E-state index is -0.502. The van der Waals surface area contributed by atoms with Gasteiger partial charge in [0.1, 0.15) is 5.76 Å². The van der Waals surface area contributed by atoms with Crippen LogP contribution in [0.3, 0.4) is 0 Å². The van der Waals surface area contributed by atoms with Gasteiger partial charge in [0.2, 0.25) is 0 Å². The van der Waals surface area contributed by atoms with Gasteiger partial charge in [-0.25, -0.2) is 9.59 Å². The van der Waals surface area contributed by atoms with E-state index < -0.39 is 11.9 Å². The highest BCUT2D eigenvalue weighted by Crippen LogP contribution is 2.18. The molecule has 1 aromatic carbocycles. The molecule has 140 valence electrons. The number of hydrogen-bond acceptors (Lipinski definition) is 6. The van der Waals surface area contributed by atoms with Gasteiger partial charge in [-0.15, -0.1) is 0 Å². The van der Waals surface area contributed by atoms with Gasteiger partial charge >= 0.3 is 11.9 Å². The summed E-state index contributed by atoms with van der Waals surface area (Å²) in [5, 5.41) is 8.77. The van der Waals surface area contributed by atoms with Crippen LogP contribution in [0.1, 0.15) is 35.2 Å². The first-order chi connectivity index (χ1) is 13.1. The molecule has 0 N–H and O–H groups in total. The number of allylic oxidation sites excluding steroid dienone is 4. The predicted octanol–water partition coefficient (Wildman–Crippen LogP) is 3.46. The molecule has 6 heteroatoms. The van der Waals surface area contributed by atoms with Gasteiger partial charge in [0.05, 0.1) is 23.8 Å². The van der Waals surface area contributed by atoms with Crippen molar-refractivity contribution in [2.45, 2.75) is 19.3 Å². The van der Waals surface area contributed by atoms with Crippen LogP contribution in [-0.2, 0) is 19.0 Å². The predicted molar refractivity (Wildman–Crippen MR) is 98.6 cm³/mol. The highest BCUT2D eigenvalue weighted by Gasteiger charge is 2.11. The average Bonchev–Trinajstić information content (AvgIpc) is 2.69. The van der Waals surface area contributed by atoms with Crippen LogP contribution >= 0.6 is 0 Å². The van der Waals surface area contributed by atoms with Crippen molar-refractivity contribution in [3.8, 4) is 6.07 Å². The fourth-order valence-electron chi connectivity index (χ4n) is 2.29. The van der Waals surface area contributed by atoms with Gasteiger partial charge in [-0.05, 0) is 61.3 Å². The van der Waals surface area contributed by atoms with Crippen LogP contribution in [0, 0.1) is 11.3 Å². The maximum absolute atomic E-state index is 12.1. The van der Waals surface area contributed by atoms with Crippen molar-refractivity contribution in [3.63, 3.8) is 0 Å². The second-order valence-electron chi connectivity index (χ2n) is 5.81. The van der Waals surface area contributed by atoms with Crippen molar-refractivity contribution >= 4 is 11.9 Å². The molecule has 1 aliphatic rings. The zero-order valence-corrected chi connectivity index (χ0v) is 15.1. The Hall–Kier alpha value is -3.17. The molecular formula is C21H21NO5. The highest BCUT2D eigenvalue weighted by molar-refractivity contribution is 5.90. The molecule has 0 aliphatic heterocycles. The summed E-state index contributed by atoms with van der Waals surface area (Å²) < 4.78 is 15.4. The Labute approximate surface area is 158 Å². The van der Waals surface area contributed by atoms with Gasteiger partial charge in [0.25, 0.3) is 0 Å². The van der Waals surface area contributed by atoms with Crippen LogP contribution in [0.5, 0.6) is 0 Å². The number of nitriles is 1. The summed E-state index contributed by atoms with van der Waals surface area (Å²) in [6.07, 6.45) is 8.56. The molecule has 1 aromatic rings. The minimum absolute atomic E-state index is 0.360. The van der Waals surface area contributed by atoms with E-state index in [0.717, 1.165) is 18.4 Å². The number of ether oxygens (including phenoxy) is 3. The summed E-state index contributed by atoms with van der Waals surface area (Å²) >= 11 is 0. The summed E-state index contributed by atoms with van der Waals surface area (Å²) in [5.74, 6) is -0.480. The Morgan fingerprint density at radius 3 is 2.52 bits per heavy atom. The third-order valence-electron chi connectivity index (χ3n) is 3.75. The molecule has 0 saturated carbocycles. The molecule has 0 radical (unpaired) electrons. The topological polar surface area (TPSA) is 85.6 Å². The van der Waals surface area contributed by atoms with Gasteiger partial charge in [-0.3, -0.25) is 0 Å². The van der Waals surface area contributed by atoms with Gasteiger partial charge in [-0.2, -0.15) is 5.26 Å². The van der Waals surface area contributed by atoms with Crippen molar-refractivity contribution in [1.82, 2.24) is 0 Å². The van der Waals surface area contributed by atoms with Crippen LogP contribution < -0.4 is 0 Å². The van der Waals surface area contributed by atoms with Gasteiger partial charge in [0, 0.05) is 19.8 Å². The molecular weight excluding hydrogens is 346 g/mol. The van der Waals surface area contributed by atoms with E-state index in [9.17, 15) is 9.59 Å². The molecule has 0 aromatic heterocycles. The largest absolute Gasteiger partial charge is 0.463 e. The van der Waals surface area contributed by atoms with Crippen LogP contribution in [0.4, 0.5) is 0 Å². The SMILES string of the molecule is COCCCCOC(=O)C=C1C=CC(OC(=O)c2ccc(C#N)cc2)=CC1. The second-order valence-corrected chi connectivity index (χ2v) is 5.81. The fraction of sp³-hybridized carbons (Fsp3) is 0.286. The maximum Gasteiger partial charge on any atom is 0.343 e. The number of carbonyl (C=O) groups excluding carboxylic acids is 2. The summed E-state index contributed by atoms with van der Waals surface area (Å²) in [7, 11) is 1.63. The zero-order chi connectivity index (χ0) is 19.5. The minimum Gasteiger partial charge on any atom is -0.463 e. The molecule has 0 unspecified atom stereocenters. The van der Waals surface area contributed by atoms with Crippen LogP contribution in [0.25, 0.3) is 0 Å². The standard InChI is InChI=1S/C21H21NO5/c1-25-12-2-3-13-26-20(23)14-16-6-10-19(11-7-16)27-21(24)18-8-4-17(15-22)5-9-18/h4-6,8-11,14H,2-3,7,12-13H2,1H3. The van der Waals surface area contributed by atoms with Crippen molar-refractivity contribution < 1.29 is 23.8 Å². The normalized spacial score (nSPS) is 14.4. The number of rotatable bonds is 8. The average molecular weight is 367 g/mol. The Bertz CT molecular complexity index is 797. The van der Waals surface area contributed by atoms with E-state index in [1.165, 1.54) is 6.08 Å². The number of carbonyl (C=O) groups is 2. The molecule has 0 spiro atoms. The maximum atomic E-state index is 12.1. The molecule has 27 heavy (non-hydrogen) atoms. The third kappa shape index (κ3) is 6.92.